The minimum Gasteiger partial charge on any atom is -0.368 e. The molecule has 2 N–H and O–H groups in total. The Morgan fingerprint density at radius 1 is 1.17 bits per heavy atom. The lowest BCUT2D eigenvalue weighted by Gasteiger charge is -2.29. The zero-order valence-corrected chi connectivity index (χ0v) is 10.8. The molecule has 2 aromatic heterocycles. The van der Waals surface area contributed by atoms with E-state index in [9.17, 15) is 0 Å². The lowest BCUT2D eigenvalue weighted by atomic mass is 9.91. The summed E-state index contributed by atoms with van der Waals surface area (Å²) in [6, 6.07) is 7.50. The first kappa shape index (κ1) is 11.5. The Hall–Kier alpha value is -1.55. The fraction of sp³-hybridized carbons (Fsp3) is 0.500. The summed E-state index contributed by atoms with van der Waals surface area (Å²) < 4.78 is 2.12. The van der Waals surface area contributed by atoms with Crippen LogP contribution in [0.25, 0.3) is 5.65 Å². The number of aromatic nitrogens is 2. The second-order valence-corrected chi connectivity index (χ2v) is 5.05. The number of nitrogens with zero attached hydrogens (tertiary/aromatic N) is 2. The van der Waals surface area contributed by atoms with E-state index < -0.39 is 0 Å². The van der Waals surface area contributed by atoms with E-state index in [4.69, 9.17) is 0 Å². The van der Waals surface area contributed by atoms with Crippen LogP contribution in [0.3, 0.4) is 0 Å². The Labute approximate surface area is 107 Å². The molecule has 0 aliphatic heterocycles. The Morgan fingerprint density at radius 3 is 2.72 bits per heavy atom. The molecule has 18 heavy (non-hydrogen) atoms. The van der Waals surface area contributed by atoms with Crippen molar-refractivity contribution in [3.05, 3.63) is 30.6 Å². The van der Waals surface area contributed by atoms with Gasteiger partial charge in [-0.1, -0.05) is 6.07 Å². The molecule has 1 saturated carbocycles. The van der Waals surface area contributed by atoms with Crippen LogP contribution in [0.1, 0.15) is 25.7 Å². The summed E-state index contributed by atoms with van der Waals surface area (Å²) in [5.41, 5.74) is 1.00. The maximum atomic E-state index is 4.31. The SMILES string of the molecule is CNC1CCC(Nc2cccc3nccn23)CC1. The molecular formula is C14H20N4. The first-order valence-electron chi connectivity index (χ1n) is 6.72. The molecule has 2 heterocycles. The minimum atomic E-state index is 0.586. The van der Waals surface area contributed by atoms with E-state index in [-0.39, 0.29) is 0 Å². The monoisotopic (exact) mass is 244 g/mol. The second kappa shape index (κ2) is 4.98. The summed E-state index contributed by atoms with van der Waals surface area (Å²) >= 11 is 0. The average molecular weight is 244 g/mol. The molecule has 3 rings (SSSR count). The first-order chi connectivity index (χ1) is 8.86. The number of hydrogen-bond acceptors (Lipinski definition) is 3. The van der Waals surface area contributed by atoms with Gasteiger partial charge in [0.05, 0.1) is 0 Å². The fourth-order valence-corrected chi connectivity index (χ4v) is 2.80. The second-order valence-electron chi connectivity index (χ2n) is 5.05. The van der Waals surface area contributed by atoms with Gasteiger partial charge in [-0.05, 0) is 44.9 Å². The Kier molecular flexibility index (Phi) is 3.19. The molecule has 0 saturated heterocycles. The Balaban J connectivity index is 1.71. The van der Waals surface area contributed by atoms with Crippen molar-refractivity contribution in [1.82, 2.24) is 14.7 Å². The molecule has 0 radical (unpaired) electrons. The van der Waals surface area contributed by atoms with Crippen molar-refractivity contribution in [3.63, 3.8) is 0 Å². The lowest BCUT2D eigenvalue weighted by molar-refractivity contribution is 0.371. The van der Waals surface area contributed by atoms with Gasteiger partial charge in [0.2, 0.25) is 0 Å². The summed E-state index contributed by atoms with van der Waals surface area (Å²) in [6.07, 6.45) is 8.84. The predicted octanol–water partition coefficient (Wildman–Crippen LogP) is 2.28. The van der Waals surface area contributed by atoms with E-state index in [2.05, 4.69) is 39.2 Å². The molecule has 0 aromatic carbocycles. The largest absolute Gasteiger partial charge is 0.368 e. The number of hydrogen-bond donors (Lipinski definition) is 2. The molecule has 0 atom stereocenters. The van der Waals surface area contributed by atoms with Crippen LogP contribution >= 0.6 is 0 Å². The zero-order valence-electron chi connectivity index (χ0n) is 10.8. The van der Waals surface area contributed by atoms with Crippen molar-refractivity contribution in [2.24, 2.45) is 0 Å². The number of imidazole rings is 1. The van der Waals surface area contributed by atoms with Crippen LogP contribution in [0.4, 0.5) is 5.82 Å². The van der Waals surface area contributed by atoms with Crippen molar-refractivity contribution < 1.29 is 0 Å². The standard InChI is InChI=1S/C14H20N4/c1-15-11-5-7-12(8-6-11)17-14-4-2-3-13-16-9-10-18(13)14/h2-4,9-12,15,17H,5-8H2,1H3. The van der Waals surface area contributed by atoms with Gasteiger partial charge in [0, 0.05) is 24.5 Å². The van der Waals surface area contributed by atoms with E-state index in [0.717, 1.165) is 11.5 Å². The van der Waals surface area contributed by atoms with Gasteiger partial charge in [-0.2, -0.15) is 0 Å². The highest BCUT2D eigenvalue weighted by molar-refractivity contribution is 5.50. The highest BCUT2D eigenvalue weighted by Gasteiger charge is 2.20. The van der Waals surface area contributed by atoms with E-state index >= 15 is 0 Å². The van der Waals surface area contributed by atoms with E-state index in [1.807, 2.05) is 18.5 Å². The summed E-state index contributed by atoms with van der Waals surface area (Å²) in [4.78, 5) is 4.31. The Morgan fingerprint density at radius 2 is 1.94 bits per heavy atom. The van der Waals surface area contributed by atoms with Crippen LogP contribution in [0.15, 0.2) is 30.6 Å². The number of rotatable bonds is 3. The molecule has 1 fully saturated rings. The van der Waals surface area contributed by atoms with Gasteiger partial charge in [0.1, 0.15) is 11.5 Å². The number of anilines is 1. The summed E-state index contributed by atoms with van der Waals surface area (Å²) in [5, 5.41) is 7.02. The normalized spacial score (nSPS) is 24.3. The van der Waals surface area contributed by atoms with Crippen LogP contribution in [0, 0.1) is 0 Å². The van der Waals surface area contributed by atoms with Gasteiger partial charge in [-0.3, -0.25) is 4.40 Å². The van der Waals surface area contributed by atoms with E-state index in [1.165, 1.54) is 25.7 Å². The first-order valence-corrected chi connectivity index (χ1v) is 6.72. The summed E-state index contributed by atoms with van der Waals surface area (Å²) in [6.45, 7) is 0. The van der Waals surface area contributed by atoms with Crippen molar-refractivity contribution in [1.29, 1.82) is 0 Å². The molecule has 0 amide bonds. The van der Waals surface area contributed by atoms with E-state index in [0.29, 0.717) is 12.1 Å². The van der Waals surface area contributed by atoms with Crippen LogP contribution in [0.2, 0.25) is 0 Å². The molecule has 96 valence electrons. The minimum absolute atomic E-state index is 0.586. The molecule has 0 bridgehead atoms. The van der Waals surface area contributed by atoms with E-state index in [1.54, 1.807) is 0 Å². The average Bonchev–Trinajstić information content (AvgIpc) is 2.89. The molecule has 0 spiro atoms. The van der Waals surface area contributed by atoms with Gasteiger partial charge < -0.3 is 10.6 Å². The quantitative estimate of drug-likeness (QED) is 0.870. The lowest BCUT2D eigenvalue weighted by Crippen LogP contribution is -2.35. The summed E-state index contributed by atoms with van der Waals surface area (Å²) in [5.74, 6) is 1.15. The highest BCUT2D eigenvalue weighted by Crippen LogP contribution is 2.22. The molecule has 4 nitrogen and oxygen atoms in total. The number of nitrogens with one attached hydrogen (secondary N) is 2. The maximum Gasteiger partial charge on any atom is 0.138 e. The third-order valence-electron chi connectivity index (χ3n) is 3.92. The maximum absolute atomic E-state index is 4.31. The van der Waals surface area contributed by atoms with Crippen molar-refractivity contribution in [2.75, 3.05) is 12.4 Å². The van der Waals surface area contributed by atoms with Crippen molar-refractivity contribution in [2.45, 2.75) is 37.8 Å². The number of pyridine rings is 1. The molecule has 0 unspecified atom stereocenters. The van der Waals surface area contributed by atoms with Gasteiger partial charge in [-0.15, -0.1) is 0 Å². The molecule has 2 aromatic rings. The van der Waals surface area contributed by atoms with Crippen LogP contribution < -0.4 is 10.6 Å². The Bertz CT molecular complexity index is 511. The fourth-order valence-electron chi connectivity index (χ4n) is 2.80. The van der Waals surface area contributed by atoms with Crippen molar-refractivity contribution in [3.8, 4) is 0 Å². The predicted molar refractivity (Wildman–Crippen MR) is 73.9 cm³/mol. The smallest absolute Gasteiger partial charge is 0.138 e. The van der Waals surface area contributed by atoms with Crippen LogP contribution in [-0.4, -0.2) is 28.5 Å². The number of fused-ring (bicyclic) bond motifs is 1. The van der Waals surface area contributed by atoms with Crippen LogP contribution in [-0.2, 0) is 0 Å². The molecular weight excluding hydrogens is 224 g/mol. The molecule has 4 heteroatoms. The van der Waals surface area contributed by atoms with Crippen LogP contribution in [0.5, 0.6) is 0 Å². The highest BCUT2D eigenvalue weighted by atomic mass is 15.1. The molecule has 1 aliphatic rings. The van der Waals surface area contributed by atoms with Crippen molar-refractivity contribution >= 4 is 11.5 Å². The van der Waals surface area contributed by atoms with Gasteiger partial charge in [-0.25, -0.2) is 4.98 Å². The zero-order chi connectivity index (χ0) is 12.4. The van der Waals surface area contributed by atoms with Gasteiger partial charge in [0.25, 0.3) is 0 Å². The third-order valence-corrected chi connectivity index (χ3v) is 3.92. The van der Waals surface area contributed by atoms with Gasteiger partial charge in [0.15, 0.2) is 0 Å². The van der Waals surface area contributed by atoms with Gasteiger partial charge >= 0.3 is 0 Å². The molecule has 1 aliphatic carbocycles. The summed E-state index contributed by atoms with van der Waals surface area (Å²) in [7, 11) is 2.06. The topological polar surface area (TPSA) is 41.4 Å². The third kappa shape index (κ3) is 2.20.